The fourth-order valence-electron chi connectivity index (χ4n) is 6.31. The maximum absolute atomic E-state index is 3.68. The predicted octanol–water partition coefficient (Wildman–Crippen LogP) is 15.4. The van der Waals surface area contributed by atoms with E-state index in [4.69, 9.17) is 0 Å². The molecule has 264 valence electrons. The van der Waals surface area contributed by atoms with Crippen LogP contribution in [0.2, 0.25) is 0 Å². The van der Waals surface area contributed by atoms with E-state index in [1.54, 1.807) is 0 Å². The molecule has 0 saturated carbocycles. The van der Waals surface area contributed by atoms with Gasteiger partial charge in [0.15, 0.2) is 0 Å². The van der Waals surface area contributed by atoms with Gasteiger partial charge < -0.3 is 5.32 Å². The molecule has 0 amide bonds. The summed E-state index contributed by atoms with van der Waals surface area (Å²) in [5, 5.41) is 3.68. The van der Waals surface area contributed by atoms with E-state index in [2.05, 4.69) is 25.7 Å². The van der Waals surface area contributed by atoms with E-state index in [1.807, 2.05) is 36.4 Å². The standard InChI is InChI=1S/C36H75N.C8H8/c1-3-5-7-9-11-13-15-17-19-21-23-25-27-29-31-33-35-37-36-34-32-30-28-26-24-22-20-18-16-14-12-10-8-6-4-2;1-2-8-6-4-3-5-7-8/h37H,3-36H2,1-2H3;2-7H,1H2. The largest absolute Gasteiger partial charge is 0.317 e. The average molecular weight is 626 g/mol. The minimum absolute atomic E-state index is 1.17. The Labute approximate surface area is 285 Å². The zero-order chi connectivity index (χ0) is 32.6. The molecule has 0 aromatic heterocycles. The van der Waals surface area contributed by atoms with Gasteiger partial charge in [-0.25, -0.2) is 0 Å². The summed E-state index contributed by atoms with van der Waals surface area (Å²) < 4.78 is 0. The minimum Gasteiger partial charge on any atom is -0.317 e. The van der Waals surface area contributed by atoms with Crippen molar-refractivity contribution in [1.29, 1.82) is 0 Å². The molecule has 1 aromatic rings. The summed E-state index contributed by atoms with van der Waals surface area (Å²) in [5.41, 5.74) is 1.17. The molecule has 0 saturated heterocycles. The van der Waals surface area contributed by atoms with Crippen LogP contribution in [0.25, 0.3) is 6.08 Å². The number of hydrogen-bond acceptors (Lipinski definition) is 1. The highest BCUT2D eigenvalue weighted by atomic mass is 14.8. The third kappa shape index (κ3) is 39.0. The Kier molecular flexibility index (Phi) is 40.0. The second-order valence-corrected chi connectivity index (χ2v) is 14.0. The van der Waals surface area contributed by atoms with Crippen molar-refractivity contribution in [3.05, 3.63) is 42.5 Å². The molecule has 0 aliphatic rings. The summed E-state index contributed by atoms with van der Waals surface area (Å²) in [5.74, 6) is 0. The first-order chi connectivity index (χ1) is 22.3. The monoisotopic (exact) mass is 626 g/mol. The molecule has 0 aliphatic heterocycles. The first kappa shape index (κ1) is 43.9. The van der Waals surface area contributed by atoms with Crippen LogP contribution in [0.15, 0.2) is 36.9 Å². The Morgan fingerprint density at radius 3 is 0.844 bits per heavy atom. The molecule has 1 aromatic carbocycles. The fraction of sp³-hybridized carbons (Fsp3) is 0.818. The molecule has 0 aliphatic carbocycles. The van der Waals surface area contributed by atoms with Crippen LogP contribution in [0, 0.1) is 0 Å². The van der Waals surface area contributed by atoms with E-state index < -0.39 is 0 Å². The molecule has 0 atom stereocenters. The predicted molar refractivity (Wildman–Crippen MR) is 208 cm³/mol. The molecule has 0 radical (unpaired) electrons. The number of benzene rings is 1. The van der Waals surface area contributed by atoms with Gasteiger partial charge in [0.25, 0.3) is 0 Å². The molecule has 1 nitrogen and oxygen atoms in total. The lowest BCUT2D eigenvalue weighted by atomic mass is 10.0. The van der Waals surface area contributed by atoms with Gasteiger partial charge in [0.1, 0.15) is 0 Å². The zero-order valence-electron chi connectivity index (χ0n) is 31.2. The summed E-state index contributed by atoms with van der Waals surface area (Å²) in [6.07, 6.45) is 48.5. The van der Waals surface area contributed by atoms with Gasteiger partial charge in [-0.3, -0.25) is 0 Å². The molecule has 1 heteroatoms. The van der Waals surface area contributed by atoms with Crippen LogP contribution in [0.3, 0.4) is 0 Å². The first-order valence-electron chi connectivity index (χ1n) is 20.7. The Morgan fingerprint density at radius 1 is 0.378 bits per heavy atom. The number of nitrogens with one attached hydrogen (secondary N) is 1. The van der Waals surface area contributed by atoms with E-state index in [9.17, 15) is 0 Å². The number of hydrogen-bond donors (Lipinski definition) is 1. The maximum atomic E-state index is 3.68. The second kappa shape index (κ2) is 40.9. The highest BCUT2D eigenvalue weighted by Crippen LogP contribution is 2.15. The van der Waals surface area contributed by atoms with Crippen molar-refractivity contribution < 1.29 is 0 Å². The van der Waals surface area contributed by atoms with Crippen molar-refractivity contribution in [3.63, 3.8) is 0 Å². The third-order valence-electron chi connectivity index (χ3n) is 9.45. The van der Waals surface area contributed by atoms with E-state index in [-0.39, 0.29) is 0 Å². The van der Waals surface area contributed by atoms with Gasteiger partial charge in [-0.15, -0.1) is 0 Å². The van der Waals surface area contributed by atoms with E-state index in [1.165, 1.54) is 224 Å². The highest BCUT2D eigenvalue weighted by Gasteiger charge is 1.97. The van der Waals surface area contributed by atoms with Gasteiger partial charge in [-0.05, 0) is 31.5 Å². The minimum atomic E-state index is 1.17. The van der Waals surface area contributed by atoms with Gasteiger partial charge in [-0.2, -0.15) is 0 Å². The van der Waals surface area contributed by atoms with Crippen LogP contribution in [-0.4, -0.2) is 13.1 Å². The summed E-state index contributed by atoms with van der Waals surface area (Å²) in [7, 11) is 0. The molecule has 0 heterocycles. The zero-order valence-corrected chi connectivity index (χ0v) is 31.2. The summed E-state index contributed by atoms with van der Waals surface area (Å²) in [6, 6.07) is 10.0. The van der Waals surface area contributed by atoms with Crippen molar-refractivity contribution in [2.75, 3.05) is 13.1 Å². The third-order valence-corrected chi connectivity index (χ3v) is 9.45. The van der Waals surface area contributed by atoms with E-state index in [0.29, 0.717) is 0 Å². The lowest BCUT2D eigenvalue weighted by Gasteiger charge is -2.06. The Bertz CT molecular complexity index is 604. The van der Waals surface area contributed by atoms with Crippen molar-refractivity contribution in [1.82, 2.24) is 5.32 Å². The molecule has 1 N–H and O–H groups in total. The Balaban J connectivity index is 0.00000208. The second-order valence-electron chi connectivity index (χ2n) is 14.0. The lowest BCUT2D eigenvalue weighted by molar-refractivity contribution is 0.515. The number of unbranched alkanes of at least 4 members (excludes halogenated alkanes) is 30. The van der Waals surface area contributed by atoms with Gasteiger partial charge in [0.2, 0.25) is 0 Å². The van der Waals surface area contributed by atoms with Crippen molar-refractivity contribution in [3.8, 4) is 0 Å². The topological polar surface area (TPSA) is 12.0 Å². The molecule has 0 bridgehead atoms. The first-order valence-corrected chi connectivity index (χ1v) is 20.7. The van der Waals surface area contributed by atoms with E-state index >= 15 is 0 Å². The molecule has 45 heavy (non-hydrogen) atoms. The summed E-state index contributed by atoms with van der Waals surface area (Å²) in [6.45, 7) is 10.7. The Hall–Kier alpha value is -1.08. The molecular formula is C44H83N. The van der Waals surface area contributed by atoms with Crippen LogP contribution in [-0.2, 0) is 0 Å². The summed E-state index contributed by atoms with van der Waals surface area (Å²) in [4.78, 5) is 0. The molecule has 0 fully saturated rings. The fourth-order valence-corrected chi connectivity index (χ4v) is 6.31. The molecular weight excluding hydrogens is 542 g/mol. The smallest absolute Gasteiger partial charge is 0.00489 e. The van der Waals surface area contributed by atoms with Crippen molar-refractivity contribution >= 4 is 6.08 Å². The van der Waals surface area contributed by atoms with Crippen molar-refractivity contribution in [2.45, 2.75) is 219 Å². The maximum Gasteiger partial charge on any atom is -0.00489 e. The van der Waals surface area contributed by atoms with Gasteiger partial charge in [0, 0.05) is 0 Å². The highest BCUT2D eigenvalue weighted by molar-refractivity contribution is 5.45. The average Bonchev–Trinajstić information content (AvgIpc) is 3.07. The number of rotatable bonds is 35. The van der Waals surface area contributed by atoms with Gasteiger partial charge in [-0.1, -0.05) is 249 Å². The van der Waals surface area contributed by atoms with Crippen LogP contribution >= 0.6 is 0 Å². The normalized spacial score (nSPS) is 11.0. The van der Waals surface area contributed by atoms with E-state index in [0.717, 1.165) is 0 Å². The van der Waals surface area contributed by atoms with Gasteiger partial charge >= 0.3 is 0 Å². The van der Waals surface area contributed by atoms with Crippen LogP contribution in [0.5, 0.6) is 0 Å². The Morgan fingerprint density at radius 2 is 0.622 bits per heavy atom. The van der Waals surface area contributed by atoms with Crippen molar-refractivity contribution in [2.24, 2.45) is 0 Å². The lowest BCUT2D eigenvalue weighted by Crippen LogP contribution is -2.16. The van der Waals surface area contributed by atoms with Crippen LogP contribution < -0.4 is 5.32 Å². The molecule has 0 spiro atoms. The SMILES string of the molecule is C=Cc1ccccc1.CCCCCCCCCCCCCCCCCCNCCCCCCCCCCCCCCCCCC. The summed E-state index contributed by atoms with van der Waals surface area (Å²) >= 11 is 0. The molecule has 1 rings (SSSR count). The van der Waals surface area contributed by atoms with Gasteiger partial charge in [0.05, 0.1) is 0 Å². The molecule has 0 unspecified atom stereocenters. The quantitative estimate of drug-likeness (QED) is 0.0740. The van der Waals surface area contributed by atoms with Crippen LogP contribution in [0.4, 0.5) is 0 Å². The van der Waals surface area contributed by atoms with Crippen LogP contribution in [0.1, 0.15) is 225 Å².